The first-order valence-corrected chi connectivity index (χ1v) is 9.51. The van der Waals surface area contributed by atoms with Crippen LogP contribution in [-0.2, 0) is 12.8 Å². The van der Waals surface area contributed by atoms with Crippen LogP contribution in [0.4, 0.5) is 0 Å². The Hall–Kier alpha value is -3.02. The number of aryl methyl sites for hydroxylation is 2. The molecule has 2 aromatic rings. The van der Waals surface area contributed by atoms with Crippen molar-refractivity contribution >= 4 is 11.4 Å². The highest BCUT2D eigenvalue weighted by molar-refractivity contribution is 5.85. The third kappa shape index (κ3) is 4.44. The Morgan fingerprint density at radius 3 is 1.57 bits per heavy atom. The van der Waals surface area contributed by atoms with Gasteiger partial charge in [0, 0.05) is 11.4 Å². The maximum Gasteiger partial charge on any atom is 0.231 e. The topological polar surface area (TPSA) is 61.6 Å². The molecule has 4 rings (SSSR count). The predicted octanol–water partition coefficient (Wildman–Crippen LogP) is 4.55. The molecule has 0 spiro atoms. The van der Waals surface area contributed by atoms with E-state index in [-0.39, 0.29) is 0 Å². The lowest BCUT2D eigenvalue weighted by atomic mass is 10.1. The van der Waals surface area contributed by atoms with Gasteiger partial charge in [0.25, 0.3) is 0 Å². The van der Waals surface area contributed by atoms with Gasteiger partial charge in [-0.1, -0.05) is 12.1 Å². The van der Waals surface area contributed by atoms with E-state index >= 15 is 0 Å². The van der Waals surface area contributed by atoms with Crippen LogP contribution < -0.4 is 18.9 Å². The Morgan fingerprint density at radius 2 is 1.11 bits per heavy atom. The van der Waals surface area contributed by atoms with E-state index < -0.39 is 0 Å². The van der Waals surface area contributed by atoms with Crippen LogP contribution in [0.25, 0.3) is 0 Å². The van der Waals surface area contributed by atoms with E-state index in [1.165, 1.54) is 11.1 Å². The van der Waals surface area contributed by atoms with Crippen molar-refractivity contribution in [1.29, 1.82) is 0 Å². The molecule has 2 aromatic carbocycles. The van der Waals surface area contributed by atoms with Crippen LogP contribution in [0, 0.1) is 0 Å². The second-order valence-corrected chi connectivity index (χ2v) is 7.05. The summed E-state index contributed by atoms with van der Waals surface area (Å²) in [4.78, 5) is 0. The quantitative estimate of drug-likeness (QED) is 0.522. The van der Waals surface area contributed by atoms with Gasteiger partial charge < -0.3 is 18.9 Å². The Kier molecular flexibility index (Phi) is 5.46. The average Bonchev–Trinajstić information content (AvgIpc) is 3.37. The van der Waals surface area contributed by atoms with Crippen LogP contribution in [0.15, 0.2) is 46.6 Å². The van der Waals surface area contributed by atoms with Crippen molar-refractivity contribution in [1.82, 2.24) is 0 Å². The maximum atomic E-state index is 5.42. The summed E-state index contributed by atoms with van der Waals surface area (Å²) in [7, 11) is 0. The zero-order valence-electron chi connectivity index (χ0n) is 16.2. The minimum atomic E-state index is 0.305. The van der Waals surface area contributed by atoms with Crippen molar-refractivity contribution < 1.29 is 18.9 Å². The molecule has 0 atom stereocenters. The largest absolute Gasteiger partial charge is 0.454 e. The second-order valence-electron chi connectivity index (χ2n) is 7.05. The van der Waals surface area contributed by atoms with Gasteiger partial charge in [-0.3, -0.25) is 0 Å². The number of fused-ring (bicyclic) bond motifs is 2. The van der Waals surface area contributed by atoms with E-state index in [0.717, 1.165) is 60.1 Å². The highest BCUT2D eigenvalue weighted by atomic mass is 16.7. The summed E-state index contributed by atoms with van der Waals surface area (Å²) in [5, 5.41) is 8.77. The summed E-state index contributed by atoms with van der Waals surface area (Å²) in [5.74, 6) is 3.28. The summed E-state index contributed by atoms with van der Waals surface area (Å²) >= 11 is 0. The number of ether oxygens (including phenoxy) is 4. The van der Waals surface area contributed by atoms with Crippen molar-refractivity contribution in [3.8, 4) is 23.0 Å². The summed E-state index contributed by atoms with van der Waals surface area (Å²) in [5.41, 5.74) is 4.45. The second kappa shape index (κ2) is 8.33. The highest BCUT2D eigenvalue weighted by Gasteiger charge is 2.14. The first kappa shape index (κ1) is 18.3. The monoisotopic (exact) mass is 380 g/mol. The third-order valence-corrected chi connectivity index (χ3v) is 4.82. The van der Waals surface area contributed by atoms with Gasteiger partial charge in [-0.2, -0.15) is 10.2 Å². The van der Waals surface area contributed by atoms with E-state index in [2.05, 4.69) is 22.3 Å². The van der Waals surface area contributed by atoms with Crippen molar-refractivity contribution in [2.75, 3.05) is 13.6 Å². The molecule has 0 aromatic heterocycles. The maximum absolute atomic E-state index is 5.42. The molecule has 2 heterocycles. The van der Waals surface area contributed by atoms with Gasteiger partial charge in [-0.25, -0.2) is 0 Å². The Labute approximate surface area is 164 Å². The van der Waals surface area contributed by atoms with Gasteiger partial charge in [-0.15, -0.1) is 0 Å². The first-order valence-electron chi connectivity index (χ1n) is 9.51. The number of rotatable bonds is 7. The molecular formula is C22H24N2O4. The molecule has 0 fully saturated rings. The fraction of sp³-hybridized carbons (Fsp3) is 0.364. The van der Waals surface area contributed by atoms with E-state index in [4.69, 9.17) is 18.9 Å². The summed E-state index contributed by atoms with van der Waals surface area (Å²) in [6.45, 7) is 4.64. The minimum absolute atomic E-state index is 0.305. The lowest BCUT2D eigenvalue weighted by Gasteiger charge is -2.04. The van der Waals surface area contributed by atoms with Crippen molar-refractivity contribution in [3.63, 3.8) is 0 Å². The van der Waals surface area contributed by atoms with Crippen molar-refractivity contribution in [2.24, 2.45) is 10.2 Å². The van der Waals surface area contributed by atoms with Crippen LogP contribution in [0.2, 0.25) is 0 Å². The molecule has 0 amide bonds. The van der Waals surface area contributed by atoms with Crippen LogP contribution in [0.1, 0.15) is 37.8 Å². The molecule has 2 aliphatic heterocycles. The molecule has 0 aliphatic carbocycles. The number of nitrogens with zero attached hydrogens (tertiary/aromatic N) is 2. The van der Waals surface area contributed by atoms with Crippen LogP contribution in [0.5, 0.6) is 23.0 Å². The van der Waals surface area contributed by atoms with E-state index in [0.29, 0.717) is 13.6 Å². The fourth-order valence-corrected chi connectivity index (χ4v) is 3.11. The molecule has 0 saturated carbocycles. The summed E-state index contributed by atoms with van der Waals surface area (Å²) in [6.07, 6.45) is 3.52. The molecule has 0 saturated heterocycles. The molecular weight excluding hydrogens is 356 g/mol. The van der Waals surface area contributed by atoms with Gasteiger partial charge in [0.2, 0.25) is 13.6 Å². The zero-order chi connectivity index (χ0) is 19.3. The average molecular weight is 380 g/mol. The van der Waals surface area contributed by atoms with E-state index in [1.807, 2.05) is 38.1 Å². The summed E-state index contributed by atoms with van der Waals surface area (Å²) < 4.78 is 21.5. The van der Waals surface area contributed by atoms with Gasteiger partial charge in [-0.05, 0) is 74.9 Å². The first-order chi connectivity index (χ1) is 13.7. The summed E-state index contributed by atoms with van der Waals surface area (Å²) in [6, 6.07) is 12.1. The number of benzene rings is 2. The molecule has 0 unspecified atom stereocenters. The normalized spacial score (nSPS) is 15.2. The molecule has 0 N–H and O–H groups in total. The smallest absolute Gasteiger partial charge is 0.231 e. The SMILES string of the molecule is C/C(CCc1ccc2c(c1)OCO2)=N\N=C(/C)CCc1ccc2c(c1)OCO2. The predicted molar refractivity (Wildman–Crippen MR) is 108 cm³/mol. The minimum Gasteiger partial charge on any atom is -0.454 e. The van der Waals surface area contributed by atoms with Gasteiger partial charge in [0.05, 0.1) is 0 Å². The lowest BCUT2D eigenvalue weighted by molar-refractivity contribution is 0.173. The molecule has 146 valence electrons. The van der Waals surface area contributed by atoms with Gasteiger partial charge >= 0.3 is 0 Å². The number of hydrogen-bond acceptors (Lipinski definition) is 6. The third-order valence-electron chi connectivity index (χ3n) is 4.82. The standard InChI is InChI=1S/C22H24N2O4/c1-15(3-5-17-7-9-19-21(11-17)27-13-25-19)23-24-16(2)4-6-18-8-10-20-22(12-18)28-14-26-20/h7-12H,3-6,13-14H2,1-2H3/b23-15+,24-16+. The molecule has 6 nitrogen and oxygen atoms in total. The van der Waals surface area contributed by atoms with Crippen molar-refractivity contribution in [3.05, 3.63) is 47.5 Å². The van der Waals surface area contributed by atoms with Gasteiger partial charge in [0.15, 0.2) is 23.0 Å². The van der Waals surface area contributed by atoms with E-state index in [9.17, 15) is 0 Å². The molecule has 2 aliphatic rings. The van der Waals surface area contributed by atoms with Crippen LogP contribution >= 0.6 is 0 Å². The van der Waals surface area contributed by atoms with Crippen molar-refractivity contribution in [2.45, 2.75) is 39.5 Å². The highest BCUT2D eigenvalue weighted by Crippen LogP contribution is 2.33. The van der Waals surface area contributed by atoms with E-state index in [1.54, 1.807) is 0 Å². The Bertz CT molecular complexity index is 845. The van der Waals surface area contributed by atoms with Crippen LogP contribution in [0.3, 0.4) is 0 Å². The molecule has 0 radical (unpaired) electrons. The number of hydrogen-bond donors (Lipinski definition) is 0. The molecule has 28 heavy (non-hydrogen) atoms. The van der Waals surface area contributed by atoms with Gasteiger partial charge in [0.1, 0.15) is 0 Å². The molecule has 0 bridgehead atoms. The molecule has 6 heteroatoms. The Balaban J connectivity index is 1.26. The van der Waals surface area contributed by atoms with Crippen LogP contribution in [-0.4, -0.2) is 25.0 Å². The Morgan fingerprint density at radius 1 is 0.679 bits per heavy atom. The fourth-order valence-electron chi connectivity index (χ4n) is 3.11. The zero-order valence-corrected chi connectivity index (χ0v) is 16.2. The lowest BCUT2D eigenvalue weighted by Crippen LogP contribution is -1.98.